The minimum Gasteiger partial charge on any atom is -0.308 e. The average molecular weight is 238 g/mol. The van der Waals surface area contributed by atoms with Crippen molar-refractivity contribution < 1.29 is 4.79 Å². The predicted octanol–water partition coefficient (Wildman–Crippen LogP) is 0.238. The Hall–Kier alpha value is -1.83. The summed E-state index contributed by atoms with van der Waals surface area (Å²) in [5.41, 5.74) is 0.800. The molecule has 2 aromatic rings. The molecule has 0 aliphatic heterocycles. The highest BCUT2D eigenvalue weighted by molar-refractivity contribution is 6.99. The van der Waals surface area contributed by atoms with Gasteiger partial charge in [-0.25, -0.2) is 0 Å². The molecule has 0 spiro atoms. The fraction of sp³-hybridized carbons (Fsp3) is 0.375. The number of carbonyl (C=O) groups is 1. The number of carbonyl (C=O) groups excluding carboxylic acids is 1. The van der Waals surface area contributed by atoms with E-state index >= 15 is 0 Å². The van der Waals surface area contributed by atoms with E-state index in [-0.39, 0.29) is 5.91 Å². The van der Waals surface area contributed by atoms with Gasteiger partial charge in [0.15, 0.2) is 5.82 Å². The SMILES string of the molecule is Cn1cc(CCC(=O)Nc2cnsn2)nn1. The average Bonchev–Trinajstić information content (AvgIpc) is 2.87. The van der Waals surface area contributed by atoms with Crippen LogP contribution in [0, 0.1) is 0 Å². The molecule has 0 atom stereocenters. The fourth-order valence-corrected chi connectivity index (χ4v) is 1.55. The van der Waals surface area contributed by atoms with Crippen LogP contribution >= 0.6 is 11.7 Å². The van der Waals surface area contributed by atoms with Crippen molar-refractivity contribution in [3.63, 3.8) is 0 Å². The van der Waals surface area contributed by atoms with Crippen molar-refractivity contribution >= 4 is 23.5 Å². The minimum atomic E-state index is -0.0987. The maximum absolute atomic E-state index is 11.5. The van der Waals surface area contributed by atoms with Gasteiger partial charge in [0.25, 0.3) is 0 Å². The summed E-state index contributed by atoms with van der Waals surface area (Å²) >= 11 is 1.06. The van der Waals surface area contributed by atoms with E-state index in [0.29, 0.717) is 18.7 Å². The molecule has 0 fully saturated rings. The molecule has 0 aliphatic rings. The molecule has 8 heteroatoms. The lowest BCUT2D eigenvalue weighted by Gasteiger charge is -1.98. The number of hydrogen-bond acceptors (Lipinski definition) is 6. The van der Waals surface area contributed by atoms with Crippen LogP contribution in [0.15, 0.2) is 12.4 Å². The number of rotatable bonds is 4. The summed E-state index contributed by atoms with van der Waals surface area (Å²) in [5.74, 6) is 0.396. The van der Waals surface area contributed by atoms with Gasteiger partial charge in [-0.15, -0.1) is 5.10 Å². The molecule has 0 saturated heterocycles. The molecule has 84 valence electrons. The molecular weight excluding hydrogens is 228 g/mol. The lowest BCUT2D eigenvalue weighted by atomic mass is 10.2. The Balaban J connectivity index is 1.80. The second kappa shape index (κ2) is 4.79. The largest absolute Gasteiger partial charge is 0.308 e. The third-order valence-electron chi connectivity index (χ3n) is 1.89. The van der Waals surface area contributed by atoms with Gasteiger partial charge in [-0.1, -0.05) is 5.21 Å². The quantitative estimate of drug-likeness (QED) is 0.824. The zero-order valence-electron chi connectivity index (χ0n) is 8.62. The van der Waals surface area contributed by atoms with Crippen LogP contribution < -0.4 is 5.32 Å². The molecule has 0 aliphatic carbocycles. The Morgan fingerprint density at radius 3 is 3.12 bits per heavy atom. The molecule has 2 rings (SSSR count). The summed E-state index contributed by atoms with van der Waals surface area (Å²) in [6.45, 7) is 0. The first-order valence-corrected chi connectivity index (χ1v) is 5.39. The van der Waals surface area contributed by atoms with Gasteiger partial charge in [0.1, 0.15) is 0 Å². The van der Waals surface area contributed by atoms with Crippen LogP contribution in [0.1, 0.15) is 12.1 Å². The van der Waals surface area contributed by atoms with E-state index in [0.717, 1.165) is 17.4 Å². The predicted molar refractivity (Wildman–Crippen MR) is 57.9 cm³/mol. The number of anilines is 1. The lowest BCUT2D eigenvalue weighted by molar-refractivity contribution is -0.116. The summed E-state index contributed by atoms with van der Waals surface area (Å²) in [6, 6.07) is 0. The van der Waals surface area contributed by atoms with Gasteiger partial charge in [-0.05, 0) is 0 Å². The standard InChI is InChI=1S/C8H10N6OS/c1-14-5-6(11-13-14)2-3-8(15)10-7-4-9-16-12-7/h4-5H,2-3H2,1H3,(H,10,12,15). The van der Waals surface area contributed by atoms with Crippen LogP contribution in [0.4, 0.5) is 5.82 Å². The van der Waals surface area contributed by atoms with E-state index in [9.17, 15) is 4.79 Å². The zero-order chi connectivity index (χ0) is 11.4. The van der Waals surface area contributed by atoms with Crippen LogP contribution in [0.25, 0.3) is 0 Å². The van der Waals surface area contributed by atoms with Gasteiger partial charge >= 0.3 is 0 Å². The lowest BCUT2D eigenvalue weighted by Crippen LogP contribution is -2.12. The van der Waals surface area contributed by atoms with E-state index in [1.807, 2.05) is 0 Å². The van der Waals surface area contributed by atoms with Gasteiger partial charge in [0.05, 0.1) is 23.6 Å². The topological polar surface area (TPSA) is 85.6 Å². The molecule has 0 bridgehead atoms. The van der Waals surface area contributed by atoms with E-state index in [4.69, 9.17) is 0 Å². The van der Waals surface area contributed by atoms with Gasteiger partial charge in [-0.2, -0.15) is 8.75 Å². The highest BCUT2D eigenvalue weighted by atomic mass is 32.1. The Morgan fingerprint density at radius 1 is 1.62 bits per heavy atom. The maximum atomic E-state index is 11.5. The van der Waals surface area contributed by atoms with Crippen molar-refractivity contribution in [3.05, 3.63) is 18.1 Å². The molecule has 1 amide bonds. The third kappa shape index (κ3) is 2.83. The molecule has 2 heterocycles. The molecule has 0 saturated carbocycles. The van der Waals surface area contributed by atoms with Gasteiger partial charge < -0.3 is 5.32 Å². The summed E-state index contributed by atoms with van der Waals surface area (Å²) in [4.78, 5) is 11.5. The second-order valence-electron chi connectivity index (χ2n) is 3.22. The Morgan fingerprint density at radius 2 is 2.50 bits per heavy atom. The molecule has 0 aromatic carbocycles. The van der Waals surface area contributed by atoms with Gasteiger partial charge in [0, 0.05) is 26.1 Å². The van der Waals surface area contributed by atoms with Crippen molar-refractivity contribution in [3.8, 4) is 0 Å². The van der Waals surface area contributed by atoms with Gasteiger partial charge in [-0.3, -0.25) is 9.48 Å². The van der Waals surface area contributed by atoms with Crippen molar-refractivity contribution in [1.82, 2.24) is 23.7 Å². The first-order chi connectivity index (χ1) is 7.74. The summed E-state index contributed by atoms with van der Waals surface area (Å²) < 4.78 is 9.28. The van der Waals surface area contributed by atoms with Crippen molar-refractivity contribution in [2.24, 2.45) is 7.05 Å². The smallest absolute Gasteiger partial charge is 0.225 e. The summed E-state index contributed by atoms with van der Waals surface area (Å²) in [6.07, 6.45) is 4.23. The van der Waals surface area contributed by atoms with E-state index in [1.165, 1.54) is 6.20 Å². The Bertz CT molecular complexity index is 465. The molecule has 2 aromatic heterocycles. The first kappa shape index (κ1) is 10.7. The minimum absolute atomic E-state index is 0.0987. The maximum Gasteiger partial charge on any atom is 0.225 e. The fourth-order valence-electron chi connectivity index (χ4n) is 1.18. The van der Waals surface area contributed by atoms with E-state index < -0.39 is 0 Å². The number of aryl methyl sites for hydroxylation is 2. The van der Waals surface area contributed by atoms with E-state index in [2.05, 4.69) is 24.4 Å². The molecule has 0 unspecified atom stereocenters. The molecule has 1 N–H and O–H groups in total. The van der Waals surface area contributed by atoms with Crippen molar-refractivity contribution in [1.29, 1.82) is 0 Å². The highest BCUT2D eigenvalue weighted by Crippen LogP contribution is 2.04. The molecule has 16 heavy (non-hydrogen) atoms. The normalized spacial score (nSPS) is 10.3. The van der Waals surface area contributed by atoms with Crippen molar-refractivity contribution in [2.75, 3.05) is 5.32 Å². The number of nitrogens with zero attached hydrogens (tertiary/aromatic N) is 5. The van der Waals surface area contributed by atoms with Crippen molar-refractivity contribution in [2.45, 2.75) is 12.8 Å². The number of aromatic nitrogens is 5. The van der Waals surface area contributed by atoms with Crippen LogP contribution in [0.3, 0.4) is 0 Å². The third-order valence-corrected chi connectivity index (χ3v) is 2.37. The zero-order valence-corrected chi connectivity index (χ0v) is 9.44. The summed E-state index contributed by atoms with van der Waals surface area (Å²) in [5, 5.41) is 10.3. The second-order valence-corrected chi connectivity index (χ2v) is 3.78. The molecule has 7 nitrogen and oxygen atoms in total. The van der Waals surface area contributed by atoms with Crippen LogP contribution in [0.5, 0.6) is 0 Å². The summed E-state index contributed by atoms with van der Waals surface area (Å²) in [7, 11) is 1.79. The number of amides is 1. The molecule has 0 radical (unpaired) electrons. The monoisotopic (exact) mass is 238 g/mol. The first-order valence-electron chi connectivity index (χ1n) is 4.66. The van der Waals surface area contributed by atoms with Crippen LogP contribution in [-0.2, 0) is 18.3 Å². The van der Waals surface area contributed by atoms with Crippen LogP contribution in [-0.4, -0.2) is 29.6 Å². The highest BCUT2D eigenvalue weighted by Gasteiger charge is 2.06. The Labute approximate surface area is 95.8 Å². The molecular formula is C8H10N6OS. The number of nitrogens with one attached hydrogen (secondary N) is 1. The van der Waals surface area contributed by atoms with Gasteiger partial charge in [0.2, 0.25) is 5.91 Å². The van der Waals surface area contributed by atoms with E-state index in [1.54, 1.807) is 17.9 Å². The van der Waals surface area contributed by atoms with Crippen LogP contribution in [0.2, 0.25) is 0 Å². The number of hydrogen-bond donors (Lipinski definition) is 1. The Kier molecular flexibility index (Phi) is 3.20.